The van der Waals surface area contributed by atoms with Crippen LogP contribution in [0.1, 0.15) is 11.4 Å². The Hall–Kier alpha value is -0.960. The Bertz CT molecular complexity index is 539. The van der Waals surface area contributed by atoms with Crippen molar-refractivity contribution >= 4 is 10.0 Å². The van der Waals surface area contributed by atoms with Gasteiger partial charge >= 0.3 is 0 Å². The summed E-state index contributed by atoms with van der Waals surface area (Å²) < 4.78 is 33.1. The normalized spacial score (nSPS) is 12.3. The van der Waals surface area contributed by atoms with E-state index in [1.165, 1.54) is 4.31 Å². The monoisotopic (exact) mass is 304 g/mol. The summed E-state index contributed by atoms with van der Waals surface area (Å²) in [4.78, 5) is 0.298. The van der Waals surface area contributed by atoms with Crippen LogP contribution in [0.25, 0.3) is 0 Å². The highest BCUT2D eigenvalue weighted by atomic mass is 32.2. The van der Waals surface area contributed by atoms with Gasteiger partial charge in [0.05, 0.1) is 24.5 Å². The van der Waals surface area contributed by atoms with E-state index in [4.69, 9.17) is 4.74 Å². The van der Waals surface area contributed by atoms with Crippen LogP contribution >= 0.6 is 0 Å². The number of methoxy groups -OCH3 is 1. The molecule has 20 heavy (non-hydrogen) atoms. The zero-order chi connectivity index (χ0) is 15.3. The highest BCUT2D eigenvalue weighted by Gasteiger charge is 2.28. The van der Waals surface area contributed by atoms with Crippen molar-refractivity contribution in [2.24, 2.45) is 0 Å². The molecule has 8 heteroatoms. The van der Waals surface area contributed by atoms with Crippen molar-refractivity contribution in [1.29, 1.82) is 0 Å². The third kappa shape index (κ3) is 3.57. The van der Waals surface area contributed by atoms with Gasteiger partial charge in [-0.1, -0.05) is 0 Å². The van der Waals surface area contributed by atoms with Crippen LogP contribution in [-0.2, 0) is 21.3 Å². The lowest BCUT2D eigenvalue weighted by atomic mass is 10.4. The van der Waals surface area contributed by atoms with E-state index in [2.05, 4.69) is 10.4 Å². The topological polar surface area (TPSA) is 76.5 Å². The van der Waals surface area contributed by atoms with Crippen LogP contribution < -0.4 is 5.32 Å². The molecule has 0 unspecified atom stereocenters. The summed E-state index contributed by atoms with van der Waals surface area (Å²) in [5.74, 6) is 0. The first-order valence-electron chi connectivity index (χ1n) is 6.50. The number of rotatable bonds is 8. The maximum atomic E-state index is 12.6. The minimum absolute atomic E-state index is 0.298. The fourth-order valence-corrected chi connectivity index (χ4v) is 3.50. The van der Waals surface area contributed by atoms with Gasteiger partial charge in [0.25, 0.3) is 0 Å². The van der Waals surface area contributed by atoms with Crippen LogP contribution in [0.15, 0.2) is 4.90 Å². The van der Waals surface area contributed by atoms with Crippen LogP contribution in [0.2, 0.25) is 0 Å². The molecule has 0 saturated heterocycles. The molecule has 0 bridgehead atoms. The van der Waals surface area contributed by atoms with Gasteiger partial charge < -0.3 is 10.1 Å². The second-order valence-electron chi connectivity index (χ2n) is 4.65. The summed E-state index contributed by atoms with van der Waals surface area (Å²) >= 11 is 0. The molecule has 1 aromatic heterocycles. The molecule has 0 saturated carbocycles. The number of aromatic nitrogens is 2. The number of aryl methyl sites for hydroxylation is 1. The quantitative estimate of drug-likeness (QED) is 0.731. The number of ether oxygens (including phenoxy) is 1. The number of hydrogen-bond donors (Lipinski definition) is 1. The molecular formula is C12H24N4O3S. The van der Waals surface area contributed by atoms with E-state index in [1.54, 1.807) is 32.7 Å². The molecule has 0 aliphatic heterocycles. The van der Waals surface area contributed by atoms with E-state index in [0.717, 1.165) is 6.54 Å². The van der Waals surface area contributed by atoms with Gasteiger partial charge in [-0.15, -0.1) is 0 Å². The molecule has 116 valence electrons. The maximum Gasteiger partial charge on any atom is 0.246 e. The standard InChI is InChI=1S/C12H24N4O3S/c1-10-12(11(2)16(14-10)7-6-13-3)20(17,18)15(4)8-9-19-5/h13H,6-9H2,1-5H3. The van der Waals surface area contributed by atoms with E-state index in [-0.39, 0.29) is 0 Å². The molecular weight excluding hydrogens is 280 g/mol. The number of sulfonamides is 1. The number of nitrogens with zero attached hydrogens (tertiary/aromatic N) is 3. The third-order valence-corrected chi connectivity index (χ3v) is 5.28. The summed E-state index contributed by atoms with van der Waals surface area (Å²) in [5, 5.41) is 7.34. The van der Waals surface area contributed by atoms with E-state index in [9.17, 15) is 8.42 Å². The van der Waals surface area contributed by atoms with Gasteiger partial charge in [-0.05, 0) is 20.9 Å². The van der Waals surface area contributed by atoms with E-state index >= 15 is 0 Å². The molecule has 1 N–H and O–H groups in total. The smallest absolute Gasteiger partial charge is 0.246 e. The summed E-state index contributed by atoms with van der Waals surface area (Å²) in [6.07, 6.45) is 0. The number of hydrogen-bond acceptors (Lipinski definition) is 5. The summed E-state index contributed by atoms with van der Waals surface area (Å²) in [5.41, 5.74) is 1.20. The molecule has 7 nitrogen and oxygen atoms in total. The predicted molar refractivity (Wildman–Crippen MR) is 77.3 cm³/mol. The van der Waals surface area contributed by atoms with Crippen molar-refractivity contribution in [3.8, 4) is 0 Å². The van der Waals surface area contributed by atoms with Crippen molar-refractivity contribution in [3.63, 3.8) is 0 Å². The predicted octanol–water partition coefficient (Wildman–Crippen LogP) is -0.0138. The summed E-state index contributed by atoms with van der Waals surface area (Å²) in [6, 6.07) is 0. The van der Waals surface area contributed by atoms with Gasteiger partial charge in [-0.3, -0.25) is 4.68 Å². The van der Waals surface area contributed by atoms with Crippen LogP contribution in [0, 0.1) is 13.8 Å². The molecule has 1 rings (SSSR count). The van der Waals surface area contributed by atoms with Crippen LogP contribution in [-0.4, -0.2) is 63.4 Å². The fraction of sp³-hybridized carbons (Fsp3) is 0.750. The Kier molecular flexibility index (Phi) is 6.12. The Morgan fingerprint density at radius 1 is 1.40 bits per heavy atom. The van der Waals surface area contributed by atoms with Crippen molar-refractivity contribution in [1.82, 2.24) is 19.4 Å². The minimum atomic E-state index is -3.53. The van der Waals surface area contributed by atoms with Crippen molar-refractivity contribution in [2.45, 2.75) is 25.3 Å². The number of likely N-dealkylation sites (N-methyl/N-ethyl adjacent to an activating group) is 2. The highest BCUT2D eigenvalue weighted by Crippen LogP contribution is 2.22. The van der Waals surface area contributed by atoms with Gasteiger partial charge in [0.2, 0.25) is 10.0 Å². The summed E-state index contributed by atoms with van der Waals surface area (Å²) in [6.45, 7) is 5.56. The van der Waals surface area contributed by atoms with Crippen molar-refractivity contribution < 1.29 is 13.2 Å². The molecule has 1 aromatic rings. The Balaban J connectivity index is 3.09. The Labute approximate surface area is 121 Å². The molecule has 0 spiro atoms. The van der Waals surface area contributed by atoms with Crippen LogP contribution in [0.5, 0.6) is 0 Å². The molecule has 0 amide bonds. The van der Waals surface area contributed by atoms with Crippen molar-refractivity contribution in [3.05, 3.63) is 11.4 Å². The lowest BCUT2D eigenvalue weighted by Gasteiger charge is -2.17. The highest BCUT2D eigenvalue weighted by molar-refractivity contribution is 7.89. The zero-order valence-electron chi connectivity index (χ0n) is 12.8. The Morgan fingerprint density at radius 2 is 2.05 bits per heavy atom. The van der Waals surface area contributed by atoms with Crippen LogP contribution in [0.3, 0.4) is 0 Å². The first kappa shape index (κ1) is 17.1. The molecule has 0 fully saturated rings. The van der Waals surface area contributed by atoms with Gasteiger partial charge in [-0.2, -0.15) is 9.40 Å². The van der Waals surface area contributed by atoms with Gasteiger partial charge in [0.15, 0.2) is 0 Å². The average Bonchev–Trinajstić information content (AvgIpc) is 2.68. The van der Waals surface area contributed by atoms with E-state index < -0.39 is 10.0 Å². The molecule has 0 radical (unpaired) electrons. The first-order valence-corrected chi connectivity index (χ1v) is 7.94. The average molecular weight is 304 g/mol. The molecule has 1 heterocycles. The fourth-order valence-electron chi connectivity index (χ4n) is 1.99. The lowest BCUT2D eigenvalue weighted by Crippen LogP contribution is -2.30. The minimum Gasteiger partial charge on any atom is -0.383 e. The number of nitrogens with one attached hydrogen (secondary N) is 1. The largest absolute Gasteiger partial charge is 0.383 e. The second-order valence-corrected chi connectivity index (χ2v) is 6.63. The molecule has 0 aliphatic carbocycles. The Morgan fingerprint density at radius 3 is 2.60 bits per heavy atom. The molecule has 0 aliphatic rings. The van der Waals surface area contributed by atoms with Gasteiger partial charge in [-0.25, -0.2) is 8.42 Å². The summed E-state index contributed by atoms with van der Waals surface area (Å²) in [7, 11) is 1.42. The van der Waals surface area contributed by atoms with Gasteiger partial charge in [0.1, 0.15) is 4.90 Å². The zero-order valence-corrected chi connectivity index (χ0v) is 13.6. The molecule has 0 aromatic carbocycles. The van der Waals surface area contributed by atoms with Gasteiger partial charge in [0, 0.05) is 27.2 Å². The molecule has 0 atom stereocenters. The SMILES string of the molecule is CNCCn1nc(C)c(S(=O)(=O)N(C)CCOC)c1C. The second kappa shape index (κ2) is 7.16. The van der Waals surface area contributed by atoms with E-state index in [0.29, 0.717) is 36.0 Å². The van der Waals surface area contributed by atoms with Crippen molar-refractivity contribution in [2.75, 3.05) is 40.9 Å². The van der Waals surface area contributed by atoms with Crippen LogP contribution in [0.4, 0.5) is 0 Å². The maximum absolute atomic E-state index is 12.6. The van der Waals surface area contributed by atoms with E-state index in [1.807, 2.05) is 7.05 Å². The first-order chi connectivity index (χ1) is 9.36. The third-order valence-electron chi connectivity index (χ3n) is 3.17. The lowest BCUT2D eigenvalue weighted by molar-refractivity contribution is 0.185.